The Morgan fingerprint density at radius 3 is 2.37 bits per heavy atom. The van der Waals surface area contributed by atoms with Gasteiger partial charge >= 0.3 is 5.97 Å². The largest absolute Gasteiger partial charge is 0.480 e. The van der Waals surface area contributed by atoms with E-state index in [2.05, 4.69) is 37.8 Å². The van der Waals surface area contributed by atoms with E-state index in [1.807, 2.05) is 18.2 Å². The van der Waals surface area contributed by atoms with Crippen molar-refractivity contribution in [2.45, 2.75) is 52.1 Å². The quantitative estimate of drug-likeness (QED) is 0.777. The summed E-state index contributed by atoms with van der Waals surface area (Å²) >= 11 is 0. The lowest BCUT2D eigenvalue weighted by Gasteiger charge is -2.35. The summed E-state index contributed by atoms with van der Waals surface area (Å²) in [5.41, 5.74) is 1.21. The van der Waals surface area contributed by atoms with Crippen LogP contribution < -0.4 is 0 Å². The van der Waals surface area contributed by atoms with Gasteiger partial charge in [-0.1, -0.05) is 50.6 Å². The molecule has 0 saturated carbocycles. The molecule has 0 aliphatic carbocycles. The van der Waals surface area contributed by atoms with Gasteiger partial charge in [-0.2, -0.15) is 0 Å². The van der Waals surface area contributed by atoms with E-state index in [1.54, 1.807) is 0 Å². The number of carbonyl (C=O) groups is 1. The average molecular weight is 263 g/mol. The van der Waals surface area contributed by atoms with Crippen molar-refractivity contribution in [3.05, 3.63) is 35.9 Å². The molecule has 1 N–H and O–H groups in total. The zero-order valence-corrected chi connectivity index (χ0v) is 12.2. The fraction of sp³-hybridized carbons (Fsp3) is 0.562. The van der Waals surface area contributed by atoms with E-state index >= 15 is 0 Å². The predicted octanol–water partition coefficient (Wildman–Crippen LogP) is 3.71. The third-order valence-electron chi connectivity index (χ3n) is 3.62. The highest BCUT2D eigenvalue weighted by atomic mass is 16.4. The molecule has 106 valence electrons. The van der Waals surface area contributed by atoms with Gasteiger partial charge in [0.25, 0.3) is 0 Å². The molecule has 1 aromatic rings. The normalized spacial score (nSPS) is 14.3. The zero-order chi connectivity index (χ0) is 14.3. The van der Waals surface area contributed by atoms with E-state index in [1.165, 1.54) is 5.56 Å². The molecule has 0 saturated heterocycles. The fourth-order valence-electron chi connectivity index (χ4n) is 2.44. The summed E-state index contributed by atoms with van der Waals surface area (Å²) in [5.74, 6) is -0.752. The number of benzene rings is 1. The Morgan fingerprint density at radius 2 is 1.89 bits per heavy atom. The van der Waals surface area contributed by atoms with Crippen LogP contribution in [-0.2, 0) is 4.79 Å². The lowest BCUT2D eigenvalue weighted by molar-refractivity contribution is -0.139. The van der Waals surface area contributed by atoms with Gasteiger partial charge in [0, 0.05) is 12.1 Å². The Balaban J connectivity index is 3.00. The van der Waals surface area contributed by atoms with Crippen LogP contribution in [0.25, 0.3) is 0 Å². The van der Waals surface area contributed by atoms with Gasteiger partial charge in [-0.15, -0.1) is 0 Å². The second-order valence-corrected chi connectivity index (χ2v) is 5.04. The number of hydrogen-bond donors (Lipinski definition) is 1. The van der Waals surface area contributed by atoms with Crippen molar-refractivity contribution in [1.82, 2.24) is 4.90 Å². The van der Waals surface area contributed by atoms with E-state index < -0.39 is 5.97 Å². The predicted molar refractivity (Wildman–Crippen MR) is 78.2 cm³/mol. The molecule has 0 aromatic heterocycles. The molecule has 1 aromatic carbocycles. The molecule has 0 fully saturated rings. The van der Waals surface area contributed by atoms with Gasteiger partial charge in [0.05, 0.1) is 6.54 Å². The van der Waals surface area contributed by atoms with Crippen molar-refractivity contribution in [3.8, 4) is 0 Å². The molecule has 2 atom stereocenters. The molecule has 0 bridgehead atoms. The first-order chi connectivity index (χ1) is 9.10. The summed E-state index contributed by atoms with van der Waals surface area (Å²) in [6, 6.07) is 10.7. The molecule has 0 spiro atoms. The molecule has 3 nitrogen and oxygen atoms in total. The third kappa shape index (κ3) is 4.67. The molecule has 19 heavy (non-hydrogen) atoms. The van der Waals surface area contributed by atoms with Gasteiger partial charge < -0.3 is 5.11 Å². The number of carboxylic acids is 1. The Labute approximate surface area is 116 Å². The molecule has 3 heteroatoms. The third-order valence-corrected chi connectivity index (χ3v) is 3.62. The van der Waals surface area contributed by atoms with Gasteiger partial charge in [-0.3, -0.25) is 9.69 Å². The molecule has 0 aliphatic rings. The molecule has 0 amide bonds. The van der Waals surface area contributed by atoms with Crippen LogP contribution in [0.4, 0.5) is 0 Å². The van der Waals surface area contributed by atoms with Crippen molar-refractivity contribution in [3.63, 3.8) is 0 Å². The van der Waals surface area contributed by atoms with Crippen LogP contribution in [0, 0.1) is 0 Å². The maximum atomic E-state index is 11.1. The lowest BCUT2D eigenvalue weighted by Crippen LogP contribution is -2.40. The van der Waals surface area contributed by atoms with Crippen molar-refractivity contribution < 1.29 is 9.90 Å². The van der Waals surface area contributed by atoms with E-state index in [9.17, 15) is 4.79 Å². The van der Waals surface area contributed by atoms with Crippen LogP contribution in [0.15, 0.2) is 30.3 Å². The summed E-state index contributed by atoms with van der Waals surface area (Å²) < 4.78 is 0. The smallest absolute Gasteiger partial charge is 0.317 e. The van der Waals surface area contributed by atoms with Gasteiger partial charge in [-0.05, 0) is 25.3 Å². The number of nitrogens with zero attached hydrogens (tertiary/aromatic N) is 1. The van der Waals surface area contributed by atoms with E-state index in [0.717, 1.165) is 19.3 Å². The molecule has 0 radical (unpaired) electrons. The van der Waals surface area contributed by atoms with E-state index in [4.69, 9.17) is 5.11 Å². The first-order valence-electron chi connectivity index (χ1n) is 7.12. The van der Waals surface area contributed by atoms with Crippen LogP contribution in [0.5, 0.6) is 0 Å². The standard InChI is InChI=1S/C16H25NO2/c1-4-9-15(14-10-7-6-8-11-14)17(12-16(18)19)13(3)5-2/h6-8,10-11,13,15H,4-5,9,12H2,1-3H3,(H,18,19). The Kier molecular flexibility index (Phi) is 6.57. The van der Waals surface area contributed by atoms with Gasteiger partial charge in [0.1, 0.15) is 0 Å². The van der Waals surface area contributed by atoms with Crippen LogP contribution >= 0.6 is 0 Å². The van der Waals surface area contributed by atoms with Gasteiger partial charge in [-0.25, -0.2) is 0 Å². The summed E-state index contributed by atoms with van der Waals surface area (Å²) in [6.45, 7) is 6.46. The van der Waals surface area contributed by atoms with Crippen LogP contribution in [-0.4, -0.2) is 28.6 Å². The van der Waals surface area contributed by atoms with E-state index in [0.29, 0.717) is 0 Å². The van der Waals surface area contributed by atoms with Gasteiger partial charge in [0.2, 0.25) is 0 Å². The molecule has 0 aliphatic heterocycles. The molecular formula is C16H25NO2. The van der Waals surface area contributed by atoms with Gasteiger partial charge in [0.15, 0.2) is 0 Å². The maximum absolute atomic E-state index is 11.1. The number of carboxylic acid groups (broad SMARTS) is 1. The minimum absolute atomic E-state index is 0.106. The minimum Gasteiger partial charge on any atom is -0.480 e. The number of aliphatic carboxylic acids is 1. The van der Waals surface area contributed by atoms with Crippen LogP contribution in [0.1, 0.15) is 51.6 Å². The summed E-state index contributed by atoms with van der Waals surface area (Å²) in [7, 11) is 0. The second-order valence-electron chi connectivity index (χ2n) is 5.04. The molecular weight excluding hydrogens is 238 g/mol. The number of rotatable bonds is 8. The van der Waals surface area contributed by atoms with Crippen molar-refractivity contribution >= 4 is 5.97 Å². The Hall–Kier alpha value is -1.35. The summed E-state index contributed by atoms with van der Waals surface area (Å²) in [4.78, 5) is 13.2. The topological polar surface area (TPSA) is 40.5 Å². The molecule has 2 unspecified atom stereocenters. The zero-order valence-electron chi connectivity index (χ0n) is 12.2. The summed E-state index contributed by atoms with van der Waals surface area (Å²) in [5, 5.41) is 9.15. The SMILES string of the molecule is CCCC(c1ccccc1)N(CC(=O)O)C(C)CC. The number of hydrogen-bond acceptors (Lipinski definition) is 2. The highest BCUT2D eigenvalue weighted by molar-refractivity contribution is 5.69. The van der Waals surface area contributed by atoms with Crippen molar-refractivity contribution in [1.29, 1.82) is 0 Å². The van der Waals surface area contributed by atoms with Crippen LogP contribution in [0.3, 0.4) is 0 Å². The lowest BCUT2D eigenvalue weighted by atomic mass is 9.98. The average Bonchev–Trinajstić information content (AvgIpc) is 2.42. The van der Waals surface area contributed by atoms with Crippen molar-refractivity contribution in [2.24, 2.45) is 0 Å². The van der Waals surface area contributed by atoms with Crippen molar-refractivity contribution in [2.75, 3.05) is 6.54 Å². The monoisotopic (exact) mass is 263 g/mol. The highest BCUT2D eigenvalue weighted by Gasteiger charge is 2.25. The summed E-state index contributed by atoms with van der Waals surface area (Å²) in [6.07, 6.45) is 2.99. The fourth-order valence-corrected chi connectivity index (χ4v) is 2.44. The van der Waals surface area contributed by atoms with Crippen LogP contribution in [0.2, 0.25) is 0 Å². The highest BCUT2D eigenvalue weighted by Crippen LogP contribution is 2.28. The second kappa shape index (κ2) is 7.95. The first-order valence-corrected chi connectivity index (χ1v) is 7.12. The first kappa shape index (κ1) is 15.7. The maximum Gasteiger partial charge on any atom is 0.317 e. The molecule has 1 rings (SSSR count). The minimum atomic E-state index is -0.752. The molecule has 0 heterocycles. The Morgan fingerprint density at radius 1 is 1.26 bits per heavy atom. The van der Waals surface area contributed by atoms with E-state index in [-0.39, 0.29) is 18.6 Å². The Bertz CT molecular complexity index is 378.